The van der Waals surface area contributed by atoms with Crippen molar-refractivity contribution >= 4 is 39.3 Å². The second kappa shape index (κ2) is 5.09. The predicted octanol–water partition coefficient (Wildman–Crippen LogP) is 1.66. The van der Waals surface area contributed by atoms with Crippen LogP contribution in [0.2, 0.25) is 0 Å². The van der Waals surface area contributed by atoms with E-state index in [1.807, 2.05) is 0 Å². The molecule has 0 radical (unpaired) electrons. The van der Waals surface area contributed by atoms with Crippen molar-refractivity contribution in [1.82, 2.24) is 9.97 Å². The summed E-state index contributed by atoms with van der Waals surface area (Å²) < 4.78 is 0. The summed E-state index contributed by atoms with van der Waals surface area (Å²) in [5.74, 6) is -0.407. The van der Waals surface area contributed by atoms with E-state index >= 15 is 0 Å². The van der Waals surface area contributed by atoms with Gasteiger partial charge in [0, 0.05) is 16.0 Å². The molecule has 0 amide bonds. The van der Waals surface area contributed by atoms with Gasteiger partial charge >= 0.3 is 0 Å². The van der Waals surface area contributed by atoms with Crippen molar-refractivity contribution in [3.8, 4) is 0 Å². The number of rotatable bonds is 3. The van der Waals surface area contributed by atoms with Crippen LogP contribution in [0.3, 0.4) is 0 Å². The third-order valence-electron chi connectivity index (χ3n) is 3.38. The molecule has 100 valence electrons. The SMILES string of the molecule is CC1CCc2c(sc3ncnc(SCC(=O)[O-])c23)C1. The summed E-state index contributed by atoms with van der Waals surface area (Å²) in [6, 6.07) is 0. The summed E-state index contributed by atoms with van der Waals surface area (Å²) in [5.41, 5.74) is 1.33. The Hall–Kier alpha value is -1.14. The highest BCUT2D eigenvalue weighted by molar-refractivity contribution is 8.00. The Balaban J connectivity index is 2.06. The molecule has 0 bridgehead atoms. The first-order valence-electron chi connectivity index (χ1n) is 6.23. The number of carbonyl (C=O) groups excluding carboxylic acids is 1. The molecule has 3 rings (SSSR count). The number of fused-ring (bicyclic) bond motifs is 3. The quantitative estimate of drug-likeness (QED) is 0.636. The summed E-state index contributed by atoms with van der Waals surface area (Å²) in [6.45, 7) is 2.27. The smallest absolute Gasteiger partial charge is 0.128 e. The molecule has 0 aliphatic heterocycles. The molecule has 2 aromatic heterocycles. The maximum Gasteiger partial charge on any atom is 0.128 e. The first-order chi connectivity index (χ1) is 9.15. The van der Waals surface area contributed by atoms with Crippen LogP contribution in [-0.2, 0) is 17.6 Å². The van der Waals surface area contributed by atoms with E-state index in [1.54, 1.807) is 11.3 Å². The first-order valence-corrected chi connectivity index (χ1v) is 8.03. The summed E-state index contributed by atoms with van der Waals surface area (Å²) in [5, 5.41) is 12.5. The number of carbonyl (C=O) groups is 1. The number of aliphatic carboxylic acids is 1. The minimum atomic E-state index is -1.06. The van der Waals surface area contributed by atoms with Gasteiger partial charge in [-0.3, -0.25) is 0 Å². The number of thioether (sulfide) groups is 1. The zero-order chi connectivity index (χ0) is 13.4. The Morgan fingerprint density at radius 3 is 3.21 bits per heavy atom. The predicted molar refractivity (Wildman–Crippen MR) is 74.3 cm³/mol. The van der Waals surface area contributed by atoms with Crippen LogP contribution in [0.15, 0.2) is 11.4 Å². The van der Waals surface area contributed by atoms with Gasteiger partial charge in [-0.05, 0) is 30.7 Å². The molecule has 1 unspecified atom stereocenters. The monoisotopic (exact) mass is 293 g/mol. The lowest BCUT2D eigenvalue weighted by Gasteiger charge is -2.18. The summed E-state index contributed by atoms with van der Waals surface area (Å²) in [7, 11) is 0. The minimum Gasteiger partial charge on any atom is -0.549 e. The van der Waals surface area contributed by atoms with Crippen LogP contribution in [0.5, 0.6) is 0 Å². The zero-order valence-corrected chi connectivity index (χ0v) is 12.1. The van der Waals surface area contributed by atoms with Crippen molar-refractivity contribution in [2.75, 3.05) is 5.75 Å². The average Bonchev–Trinajstić information content (AvgIpc) is 2.73. The van der Waals surface area contributed by atoms with Crippen molar-refractivity contribution in [2.24, 2.45) is 5.92 Å². The lowest BCUT2D eigenvalue weighted by Crippen LogP contribution is -2.24. The van der Waals surface area contributed by atoms with E-state index in [4.69, 9.17) is 0 Å². The van der Waals surface area contributed by atoms with E-state index in [0.717, 1.165) is 28.1 Å². The van der Waals surface area contributed by atoms with Crippen LogP contribution in [0.1, 0.15) is 23.8 Å². The van der Waals surface area contributed by atoms with Crippen LogP contribution in [0.4, 0.5) is 0 Å². The van der Waals surface area contributed by atoms with Gasteiger partial charge in [0.2, 0.25) is 0 Å². The van der Waals surface area contributed by atoms with Crippen molar-refractivity contribution < 1.29 is 9.90 Å². The molecule has 6 heteroatoms. The lowest BCUT2D eigenvalue weighted by molar-refractivity contribution is -0.301. The maximum absolute atomic E-state index is 10.6. The van der Waals surface area contributed by atoms with Gasteiger partial charge < -0.3 is 9.90 Å². The van der Waals surface area contributed by atoms with E-state index in [2.05, 4.69) is 16.9 Å². The fourth-order valence-corrected chi connectivity index (χ4v) is 4.64. The third-order valence-corrected chi connectivity index (χ3v) is 5.51. The van der Waals surface area contributed by atoms with Gasteiger partial charge in [0.05, 0.1) is 5.97 Å². The molecule has 2 heterocycles. The number of aromatic nitrogens is 2. The molecule has 19 heavy (non-hydrogen) atoms. The van der Waals surface area contributed by atoms with Crippen molar-refractivity contribution in [1.29, 1.82) is 0 Å². The second-order valence-corrected chi connectivity index (χ2v) is 6.92. The maximum atomic E-state index is 10.6. The van der Waals surface area contributed by atoms with Crippen molar-refractivity contribution in [2.45, 2.75) is 31.2 Å². The van der Waals surface area contributed by atoms with Crippen molar-refractivity contribution in [3.63, 3.8) is 0 Å². The van der Waals surface area contributed by atoms with E-state index in [0.29, 0.717) is 5.92 Å². The van der Waals surface area contributed by atoms with Crippen molar-refractivity contribution in [3.05, 3.63) is 16.8 Å². The highest BCUT2D eigenvalue weighted by Gasteiger charge is 2.22. The van der Waals surface area contributed by atoms with Gasteiger partial charge in [0.1, 0.15) is 16.2 Å². The molecule has 4 nitrogen and oxygen atoms in total. The van der Waals surface area contributed by atoms with Crippen LogP contribution >= 0.6 is 23.1 Å². The zero-order valence-electron chi connectivity index (χ0n) is 10.5. The normalized spacial score (nSPS) is 18.5. The molecule has 0 N–H and O–H groups in total. The molecule has 0 aromatic carbocycles. The average molecular weight is 293 g/mol. The van der Waals surface area contributed by atoms with Crippen LogP contribution in [0.25, 0.3) is 10.2 Å². The molecule has 0 spiro atoms. The lowest BCUT2D eigenvalue weighted by atomic mass is 9.89. The second-order valence-electron chi connectivity index (χ2n) is 4.87. The molecule has 0 saturated heterocycles. The van der Waals surface area contributed by atoms with E-state index in [-0.39, 0.29) is 5.75 Å². The van der Waals surface area contributed by atoms with E-state index < -0.39 is 5.97 Å². The molecule has 1 aliphatic rings. The molecule has 1 aliphatic carbocycles. The van der Waals surface area contributed by atoms with Gasteiger partial charge in [-0.25, -0.2) is 9.97 Å². The molecule has 2 aromatic rings. The standard InChI is InChI=1S/C13H14N2O2S2/c1-7-2-3-8-9(4-7)19-13-11(8)12(14-6-15-13)18-5-10(16)17/h6-7H,2-5H2,1H3,(H,16,17)/p-1. The molecule has 0 fully saturated rings. The van der Waals surface area contributed by atoms with Crippen LogP contribution in [-0.4, -0.2) is 21.7 Å². The number of nitrogens with zero attached hydrogens (tertiary/aromatic N) is 2. The van der Waals surface area contributed by atoms with Crippen LogP contribution < -0.4 is 5.11 Å². The molecule has 1 atom stereocenters. The topological polar surface area (TPSA) is 65.9 Å². The Bertz CT molecular complexity index is 639. The number of aryl methyl sites for hydroxylation is 1. The minimum absolute atomic E-state index is 0.0624. The Labute approximate surface area is 119 Å². The van der Waals surface area contributed by atoms with E-state index in [1.165, 1.54) is 35.0 Å². The summed E-state index contributed by atoms with van der Waals surface area (Å²) in [6.07, 6.45) is 4.84. The fourth-order valence-electron chi connectivity index (χ4n) is 2.48. The first kappa shape index (κ1) is 12.9. The number of thiophene rings is 1. The number of hydrogen-bond donors (Lipinski definition) is 0. The Morgan fingerprint density at radius 1 is 1.58 bits per heavy atom. The summed E-state index contributed by atoms with van der Waals surface area (Å²) >= 11 is 2.95. The third kappa shape index (κ3) is 2.47. The number of hydrogen-bond acceptors (Lipinski definition) is 6. The van der Waals surface area contributed by atoms with Gasteiger partial charge in [0.15, 0.2) is 0 Å². The largest absolute Gasteiger partial charge is 0.549 e. The van der Waals surface area contributed by atoms with Gasteiger partial charge in [-0.1, -0.05) is 18.7 Å². The summed E-state index contributed by atoms with van der Waals surface area (Å²) in [4.78, 5) is 21.6. The number of carboxylic acids is 1. The van der Waals surface area contributed by atoms with Gasteiger partial charge in [-0.2, -0.15) is 0 Å². The van der Waals surface area contributed by atoms with Gasteiger partial charge in [0.25, 0.3) is 0 Å². The van der Waals surface area contributed by atoms with Gasteiger partial charge in [-0.15, -0.1) is 11.3 Å². The molecule has 0 saturated carbocycles. The van der Waals surface area contributed by atoms with Crippen LogP contribution in [0, 0.1) is 5.92 Å². The molecular weight excluding hydrogens is 280 g/mol. The Kier molecular flexibility index (Phi) is 3.45. The highest BCUT2D eigenvalue weighted by atomic mass is 32.2. The highest BCUT2D eigenvalue weighted by Crippen LogP contribution is 2.40. The number of carboxylic acid groups (broad SMARTS) is 1. The van der Waals surface area contributed by atoms with E-state index in [9.17, 15) is 9.90 Å². The fraction of sp³-hybridized carbons (Fsp3) is 0.462. The Morgan fingerprint density at radius 2 is 2.42 bits per heavy atom. The molecular formula is C13H13N2O2S2-.